The Balaban J connectivity index is 1.80. The number of benzene rings is 4. The molecular weight excluding hydrogens is 629 g/mol. The van der Waals surface area contributed by atoms with Crippen LogP contribution in [0.5, 0.6) is 0 Å². The zero-order valence-corrected chi connectivity index (χ0v) is 27.8. The summed E-state index contributed by atoms with van der Waals surface area (Å²) in [4.78, 5) is 29.8. The zero-order chi connectivity index (χ0) is 32.6. The number of halogens is 2. The predicted molar refractivity (Wildman–Crippen MR) is 181 cm³/mol. The molecular formula is C35H37Cl2N3O4S. The summed E-state index contributed by atoms with van der Waals surface area (Å²) in [6, 6.07) is 28.3. The highest BCUT2D eigenvalue weighted by Gasteiger charge is 2.34. The van der Waals surface area contributed by atoms with Crippen LogP contribution in [0.1, 0.15) is 30.5 Å². The average Bonchev–Trinajstić information content (AvgIpc) is 3.01. The molecule has 236 valence electrons. The number of aryl methyl sites for hydroxylation is 1. The molecule has 1 atom stereocenters. The number of anilines is 1. The highest BCUT2D eigenvalue weighted by Crippen LogP contribution is 2.28. The van der Waals surface area contributed by atoms with Gasteiger partial charge in [-0.3, -0.25) is 13.9 Å². The van der Waals surface area contributed by atoms with E-state index < -0.39 is 28.5 Å². The Labute approximate surface area is 275 Å². The lowest BCUT2D eigenvalue weighted by atomic mass is 10.0. The molecule has 0 unspecified atom stereocenters. The van der Waals surface area contributed by atoms with Gasteiger partial charge in [0.2, 0.25) is 11.8 Å². The monoisotopic (exact) mass is 665 g/mol. The molecule has 0 aromatic heterocycles. The first-order valence-corrected chi connectivity index (χ1v) is 16.8. The van der Waals surface area contributed by atoms with Gasteiger partial charge in [-0.05, 0) is 66.4 Å². The zero-order valence-electron chi connectivity index (χ0n) is 25.5. The molecule has 2 amide bonds. The third kappa shape index (κ3) is 9.33. The van der Waals surface area contributed by atoms with Crippen molar-refractivity contribution < 1.29 is 18.0 Å². The summed E-state index contributed by atoms with van der Waals surface area (Å²) in [5.41, 5.74) is 2.89. The second-order valence-electron chi connectivity index (χ2n) is 11.3. The summed E-state index contributed by atoms with van der Waals surface area (Å²) >= 11 is 12.3. The minimum absolute atomic E-state index is 0.0413. The van der Waals surface area contributed by atoms with E-state index in [0.717, 1.165) is 21.0 Å². The van der Waals surface area contributed by atoms with Crippen LogP contribution in [0.2, 0.25) is 10.0 Å². The minimum Gasteiger partial charge on any atom is -0.354 e. The lowest BCUT2D eigenvalue weighted by molar-refractivity contribution is -0.140. The van der Waals surface area contributed by atoms with Gasteiger partial charge in [-0.2, -0.15) is 0 Å². The standard InChI is InChI=1S/C35H37Cl2N3O4S/c1-25(2)22-38-35(42)33(20-27-10-5-4-6-11-27)39(23-28-12-7-9-26(3)19-28)34(41)24-40(31-14-8-13-30(37)21-31)45(43,44)32-17-15-29(36)16-18-32/h4-19,21,25,33H,20,22-24H2,1-3H3,(H,38,42)/t33-/m1/s1. The van der Waals surface area contributed by atoms with Gasteiger partial charge >= 0.3 is 0 Å². The summed E-state index contributed by atoms with van der Waals surface area (Å²) in [5, 5.41) is 3.68. The van der Waals surface area contributed by atoms with Crippen LogP contribution in [0.3, 0.4) is 0 Å². The van der Waals surface area contributed by atoms with E-state index in [0.29, 0.717) is 16.6 Å². The summed E-state index contributed by atoms with van der Waals surface area (Å²) in [6.45, 7) is 5.89. The van der Waals surface area contributed by atoms with Crippen LogP contribution < -0.4 is 9.62 Å². The normalized spacial score (nSPS) is 12.0. The van der Waals surface area contributed by atoms with E-state index >= 15 is 0 Å². The van der Waals surface area contributed by atoms with Gasteiger partial charge in [-0.15, -0.1) is 0 Å². The topological polar surface area (TPSA) is 86.8 Å². The van der Waals surface area contributed by atoms with Crippen LogP contribution in [0.25, 0.3) is 0 Å². The SMILES string of the molecule is Cc1cccc(CN(C(=O)CN(c2cccc(Cl)c2)S(=O)(=O)c2ccc(Cl)cc2)[C@H](Cc2ccccc2)C(=O)NCC(C)C)c1. The number of nitrogens with zero attached hydrogens (tertiary/aromatic N) is 2. The van der Waals surface area contributed by atoms with Gasteiger partial charge in [0, 0.05) is 29.6 Å². The fourth-order valence-electron chi connectivity index (χ4n) is 4.88. The number of hydrogen-bond donors (Lipinski definition) is 1. The van der Waals surface area contributed by atoms with Gasteiger partial charge in [0.05, 0.1) is 10.6 Å². The summed E-state index contributed by atoms with van der Waals surface area (Å²) in [6.07, 6.45) is 0.240. The van der Waals surface area contributed by atoms with Gasteiger partial charge in [-0.1, -0.05) is 103 Å². The Kier molecular flexibility index (Phi) is 11.7. The van der Waals surface area contributed by atoms with Crippen molar-refractivity contribution in [3.8, 4) is 0 Å². The molecule has 0 fully saturated rings. The number of nitrogens with one attached hydrogen (secondary N) is 1. The van der Waals surface area contributed by atoms with Crippen LogP contribution in [-0.2, 0) is 32.6 Å². The summed E-state index contributed by atoms with van der Waals surface area (Å²) in [7, 11) is -4.25. The second kappa shape index (κ2) is 15.4. The highest BCUT2D eigenvalue weighted by atomic mass is 35.5. The van der Waals surface area contributed by atoms with Crippen LogP contribution in [0.4, 0.5) is 5.69 Å². The van der Waals surface area contributed by atoms with Gasteiger partial charge in [-0.25, -0.2) is 8.42 Å². The number of rotatable bonds is 13. The van der Waals surface area contributed by atoms with E-state index in [2.05, 4.69) is 5.32 Å². The molecule has 4 aromatic rings. The number of sulfonamides is 1. The van der Waals surface area contributed by atoms with Crippen molar-refractivity contribution in [2.24, 2.45) is 5.92 Å². The smallest absolute Gasteiger partial charge is 0.264 e. The van der Waals surface area contributed by atoms with Crippen molar-refractivity contribution in [2.45, 2.75) is 44.7 Å². The van der Waals surface area contributed by atoms with E-state index in [1.165, 1.54) is 35.2 Å². The Morgan fingerprint density at radius 1 is 0.800 bits per heavy atom. The number of amides is 2. The number of hydrogen-bond acceptors (Lipinski definition) is 4. The molecule has 45 heavy (non-hydrogen) atoms. The van der Waals surface area contributed by atoms with Crippen LogP contribution >= 0.6 is 23.2 Å². The van der Waals surface area contributed by atoms with Crippen LogP contribution in [0, 0.1) is 12.8 Å². The number of carbonyl (C=O) groups excluding carboxylic acids is 2. The summed E-state index contributed by atoms with van der Waals surface area (Å²) < 4.78 is 29.2. The first-order chi connectivity index (χ1) is 21.4. The third-order valence-electron chi connectivity index (χ3n) is 7.17. The molecule has 4 aromatic carbocycles. The van der Waals surface area contributed by atoms with Gasteiger partial charge in [0.15, 0.2) is 0 Å². The van der Waals surface area contributed by atoms with E-state index in [4.69, 9.17) is 23.2 Å². The molecule has 0 aliphatic rings. The van der Waals surface area contributed by atoms with E-state index in [-0.39, 0.29) is 35.4 Å². The minimum atomic E-state index is -4.25. The van der Waals surface area contributed by atoms with Gasteiger partial charge < -0.3 is 10.2 Å². The van der Waals surface area contributed by atoms with Crippen molar-refractivity contribution in [1.29, 1.82) is 0 Å². The molecule has 0 spiro atoms. The first-order valence-electron chi connectivity index (χ1n) is 14.6. The first kappa shape index (κ1) is 34.0. The molecule has 0 saturated heterocycles. The third-order valence-corrected chi connectivity index (χ3v) is 9.44. The molecule has 0 heterocycles. The van der Waals surface area contributed by atoms with Crippen molar-refractivity contribution in [1.82, 2.24) is 10.2 Å². The highest BCUT2D eigenvalue weighted by molar-refractivity contribution is 7.92. The van der Waals surface area contributed by atoms with Gasteiger partial charge in [0.25, 0.3) is 10.0 Å². The van der Waals surface area contributed by atoms with Gasteiger partial charge in [0.1, 0.15) is 12.6 Å². The van der Waals surface area contributed by atoms with Crippen molar-refractivity contribution >= 4 is 50.7 Å². The number of carbonyl (C=O) groups is 2. The van der Waals surface area contributed by atoms with Crippen molar-refractivity contribution in [3.63, 3.8) is 0 Å². The lowest BCUT2D eigenvalue weighted by Gasteiger charge is -2.34. The fourth-order valence-corrected chi connectivity index (χ4v) is 6.59. The maximum Gasteiger partial charge on any atom is 0.264 e. The molecule has 1 N–H and O–H groups in total. The Hall–Kier alpha value is -3.85. The molecule has 0 aliphatic carbocycles. The molecule has 0 radical (unpaired) electrons. The maximum absolute atomic E-state index is 14.5. The van der Waals surface area contributed by atoms with Crippen LogP contribution in [-0.4, -0.2) is 44.3 Å². The van der Waals surface area contributed by atoms with Crippen molar-refractivity contribution in [2.75, 3.05) is 17.4 Å². The fraction of sp³-hybridized carbons (Fsp3) is 0.257. The quantitative estimate of drug-likeness (QED) is 0.168. The molecule has 0 bridgehead atoms. The molecule has 4 rings (SSSR count). The Morgan fingerprint density at radius 3 is 2.11 bits per heavy atom. The van der Waals surface area contributed by atoms with E-state index in [9.17, 15) is 18.0 Å². The summed E-state index contributed by atoms with van der Waals surface area (Å²) in [5.74, 6) is -0.673. The average molecular weight is 667 g/mol. The maximum atomic E-state index is 14.5. The Morgan fingerprint density at radius 2 is 1.47 bits per heavy atom. The molecule has 10 heteroatoms. The molecule has 7 nitrogen and oxygen atoms in total. The molecule has 0 aliphatic heterocycles. The lowest BCUT2D eigenvalue weighted by Crippen LogP contribution is -2.53. The van der Waals surface area contributed by atoms with E-state index in [1.807, 2.05) is 75.4 Å². The van der Waals surface area contributed by atoms with Crippen molar-refractivity contribution in [3.05, 3.63) is 130 Å². The van der Waals surface area contributed by atoms with Crippen LogP contribution in [0.15, 0.2) is 108 Å². The van der Waals surface area contributed by atoms with E-state index in [1.54, 1.807) is 18.2 Å². The molecule has 0 saturated carbocycles. The Bertz CT molecular complexity index is 1710. The second-order valence-corrected chi connectivity index (χ2v) is 14.0. The largest absolute Gasteiger partial charge is 0.354 e. The predicted octanol–water partition coefficient (Wildman–Crippen LogP) is 6.91.